The molecule has 11 heteroatoms. The maximum Gasteiger partial charge on any atom is 0.534 e. The van der Waals surface area contributed by atoms with Crippen LogP contribution in [0.3, 0.4) is 0 Å². The van der Waals surface area contributed by atoms with E-state index in [-0.39, 0.29) is 0 Å². The van der Waals surface area contributed by atoms with Crippen molar-refractivity contribution in [3.8, 4) is 5.88 Å². The van der Waals surface area contributed by atoms with Gasteiger partial charge >= 0.3 is 15.6 Å². The fourth-order valence-electron chi connectivity index (χ4n) is 1.40. The average molecular weight is 394 g/mol. The van der Waals surface area contributed by atoms with Crippen molar-refractivity contribution in [2.24, 2.45) is 0 Å². The van der Waals surface area contributed by atoms with Crippen LogP contribution in [0.25, 0.3) is 5.52 Å². The number of hydrogen-bond acceptors (Lipinski definition) is 4. The first kappa shape index (κ1) is 15.4. The first-order chi connectivity index (χ1) is 9.14. The highest BCUT2D eigenvalue weighted by molar-refractivity contribution is 9.08. The van der Waals surface area contributed by atoms with Gasteiger partial charge in [0.1, 0.15) is 0 Å². The summed E-state index contributed by atoms with van der Waals surface area (Å²) in [6.07, 6.45) is 0. The van der Waals surface area contributed by atoms with E-state index >= 15 is 0 Å². The minimum atomic E-state index is -5.75. The molecular formula is C9H5BrClF3N2O3S. The molecule has 5 nitrogen and oxygen atoms in total. The molecule has 0 atom stereocenters. The van der Waals surface area contributed by atoms with Crippen molar-refractivity contribution in [2.75, 3.05) is 0 Å². The fourth-order valence-corrected chi connectivity index (χ4v) is 2.44. The standard InChI is InChI=1S/C9H5BrClF3N2O3S/c10-4-7-2-5(11)1-6-3-8(15-16(6)7)19-20(17,18)9(12,13)14/h1-3H,4H2. The number of halogens is 5. The smallest absolute Gasteiger partial charge is 0.354 e. The summed E-state index contributed by atoms with van der Waals surface area (Å²) in [7, 11) is -5.75. The Balaban J connectivity index is 2.48. The van der Waals surface area contributed by atoms with Crippen LogP contribution in [-0.2, 0) is 15.4 Å². The summed E-state index contributed by atoms with van der Waals surface area (Å²) in [5.41, 5.74) is -4.69. The molecule has 0 aliphatic rings. The average Bonchev–Trinajstić information content (AvgIpc) is 2.67. The van der Waals surface area contributed by atoms with Gasteiger partial charge in [-0.05, 0) is 12.1 Å². The minimum Gasteiger partial charge on any atom is -0.354 e. The van der Waals surface area contributed by atoms with Crippen LogP contribution in [-0.4, -0.2) is 23.5 Å². The maximum absolute atomic E-state index is 12.2. The summed E-state index contributed by atoms with van der Waals surface area (Å²) in [4.78, 5) is 0. The number of hydrogen-bond donors (Lipinski definition) is 0. The molecule has 0 fully saturated rings. The fraction of sp³-hybridized carbons (Fsp3) is 0.222. The van der Waals surface area contributed by atoms with Crippen LogP contribution in [0.1, 0.15) is 5.69 Å². The summed E-state index contributed by atoms with van der Waals surface area (Å²) < 4.78 is 63.6. The van der Waals surface area contributed by atoms with E-state index in [1.165, 1.54) is 16.6 Å². The topological polar surface area (TPSA) is 60.7 Å². The molecule has 0 N–H and O–H groups in total. The Kier molecular flexibility index (Phi) is 3.91. The Morgan fingerprint density at radius 2 is 2.00 bits per heavy atom. The van der Waals surface area contributed by atoms with Crippen molar-refractivity contribution in [3.63, 3.8) is 0 Å². The Morgan fingerprint density at radius 1 is 1.35 bits per heavy atom. The molecule has 0 unspecified atom stereocenters. The largest absolute Gasteiger partial charge is 0.534 e. The monoisotopic (exact) mass is 392 g/mol. The molecule has 0 radical (unpaired) electrons. The number of pyridine rings is 1. The van der Waals surface area contributed by atoms with Crippen molar-refractivity contribution in [1.82, 2.24) is 9.61 Å². The van der Waals surface area contributed by atoms with Crippen LogP contribution in [0.5, 0.6) is 5.88 Å². The molecule has 110 valence electrons. The molecule has 0 amide bonds. The second-order valence-corrected chi connectivity index (χ2v) is 6.14. The number of aromatic nitrogens is 2. The van der Waals surface area contributed by atoms with Crippen LogP contribution in [0.4, 0.5) is 13.2 Å². The molecular weight excluding hydrogens is 389 g/mol. The van der Waals surface area contributed by atoms with Gasteiger partial charge in [0.25, 0.3) is 5.88 Å². The summed E-state index contributed by atoms with van der Waals surface area (Å²) in [5.74, 6) is -0.688. The van der Waals surface area contributed by atoms with E-state index in [0.29, 0.717) is 21.6 Å². The van der Waals surface area contributed by atoms with Crippen LogP contribution in [0, 0.1) is 0 Å². The highest BCUT2D eigenvalue weighted by Crippen LogP contribution is 2.28. The van der Waals surface area contributed by atoms with Gasteiger partial charge in [0.15, 0.2) is 0 Å². The zero-order valence-corrected chi connectivity index (χ0v) is 12.5. The van der Waals surface area contributed by atoms with E-state index in [0.717, 1.165) is 6.07 Å². The van der Waals surface area contributed by atoms with Gasteiger partial charge in [-0.1, -0.05) is 27.5 Å². The van der Waals surface area contributed by atoms with E-state index in [1.54, 1.807) is 0 Å². The predicted octanol–water partition coefficient (Wildman–Crippen LogP) is 3.11. The molecule has 2 heterocycles. The third kappa shape index (κ3) is 2.86. The zero-order valence-electron chi connectivity index (χ0n) is 9.36. The summed E-state index contributed by atoms with van der Waals surface area (Å²) >= 11 is 8.97. The lowest BCUT2D eigenvalue weighted by molar-refractivity contribution is -0.0501. The molecule has 0 saturated heterocycles. The number of fused-ring (bicyclic) bond motifs is 1. The second-order valence-electron chi connectivity index (χ2n) is 3.60. The number of rotatable bonds is 3. The lowest BCUT2D eigenvalue weighted by Gasteiger charge is -2.06. The molecule has 0 bridgehead atoms. The van der Waals surface area contributed by atoms with Crippen LogP contribution in [0.2, 0.25) is 5.02 Å². The Hall–Kier alpha value is -1.00. The van der Waals surface area contributed by atoms with Gasteiger partial charge < -0.3 is 4.18 Å². The van der Waals surface area contributed by atoms with Crippen molar-refractivity contribution < 1.29 is 25.8 Å². The van der Waals surface area contributed by atoms with Gasteiger partial charge in [-0.25, -0.2) is 4.52 Å². The first-order valence-corrected chi connectivity index (χ1v) is 7.80. The van der Waals surface area contributed by atoms with Crippen molar-refractivity contribution in [2.45, 2.75) is 10.8 Å². The molecule has 2 rings (SSSR count). The third-order valence-corrected chi connectivity index (χ3v) is 3.94. The highest BCUT2D eigenvalue weighted by atomic mass is 79.9. The van der Waals surface area contributed by atoms with Gasteiger partial charge in [0.2, 0.25) is 0 Å². The van der Waals surface area contributed by atoms with Crippen molar-refractivity contribution in [3.05, 3.63) is 28.9 Å². The van der Waals surface area contributed by atoms with Crippen molar-refractivity contribution in [1.29, 1.82) is 0 Å². The molecule has 20 heavy (non-hydrogen) atoms. The van der Waals surface area contributed by atoms with Crippen molar-refractivity contribution >= 4 is 43.2 Å². The lowest BCUT2D eigenvalue weighted by Crippen LogP contribution is -2.28. The quantitative estimate of drug-likeness (QED) is 0.457. The van der Waals surface area contributed by atoms with E-state index in [4.69, 9.17) is 11.6 Å². The normalized spacial score (nSPS) is 12.8. The van der Waals surface area contributed by atoms with Crippen LogP contribution >= 0.6 is 27.5 Å². The Bertz CT molecular complexity index is 760. The van der Waals surface area contributed by atoms with Gasteiger partial charge in [0, 0.05) is 16.4 Å². The molecule has 2 aromatic heterocycles. The van der Waals surface area contributed by atoms with Gasteiger partial charge in [0.05, 0.1) is 11.2 Å². The van der Waals surface area contributed by atoms with E-state index in [2.05, 4.69) is 25.2 Å². The molecule has 0 aliphatic heterocycles. The predicted molar refractivity (Wildman–Crippen MR) is 68.4 cm³/mol. The first-order valence-electron chi connectivity index (χ1n) is 4.89. The SMILES string of the molecule is O=S(=O)(Oc1cc2cc(Cl)cc(CBr)n2n1)C(F)(F)F. The summed E-state index contributed by atoms with van der Waals surface area (Å²) in [6, 6.07) is 3.98. The van der Waals surface area contributed by atoms with E-state index in [1.807, 2.05) is 0 Å². The number of nitrogens with zero attached hydrogens (tertiary/aromatic N) is 2. The number of alkyl halides is 4. The van der Waals surface area contributed by atoms with Crippen LogP contribution < -0.4 is 4.18 Å². The Labute approximate surface area is 124 Å². The Morgan fingerprint density at radius 3 is 2.55 bits per heavy atom. The van der Waals surface area contributed by atoms with E-state index < -0.39 is 21.5 Å². The van der Waals surface area contributed by atoms with Crippen LogP contribution in [0.15, 0.2) is 18.2 Å². The minimum absolute atomic E-state index is 0.305. The molecule has 0 saturated carbocycles. The third-order valence-electron chi connectivity index (χ3n) is 2.19. The highest BCUT2D eigenvalue weighted by Gasteiger charge is 2.49. The molecule has 0 aromatic carbocycles. The summed E-state index contributed by atoms with van der Waals surface area (Å²) in [6.45, 7) is 0. The van der Waals surface area contributed by atoms with E-state index in [9.17, 15) is 21.6 Å². The summed E-state index contributed by atoms with van der Waals surface area (Å²) in [5, 5.41) is 4.30. The lowest BCUT2D eigenvalue weighted by atomic mass is 10.3. The molecule has 2 aromatic rings. The zero-order chi connectivity index (χ0) is 15.1. The van der Waals surface area contributed by atoms with Gasteiger partial charge in [-0.3, -0.25) is 0 Å². The molecule has 0 spiro atoms. The maximum atomic E-state index is 12.2. The second kappa shape index (κ2) is 5.08. The van der Waals surface area contributed by atoms with Gasteiger partial charge in [-0.15, -0.1) is 5.10 Å². The molecule has 0 aliphatic carbocycles. The van der Waals surface area contributed by atoms with Gasteiger partial charge in [-0.2, -0.15) is 21.6 Å².